The Balaban J connectivity index is 1.90. The summed E-state index contributed by atoms with van der Waals surface area (Å²) < 4.78 is 0. The van der Waals surface area contributed by atoms with Crippen molar-refractivity contribution in [3.8, 4) is 5.75 Å². The van der Waals surface area contributed by atoms with Gasteiger partial charge in [0.2, 0.25) is 11.8 Å². The van der Waals surface area contributed by atoms with E-state index in [4.69, 9.17) is 0 Å². The van der Waals surface area contributed by atoms with Gasteiger partial charge in [0.05, 0.1) is 13.0 Å². The van der Waals surface area contributed by atoms with Crippen LogP contribution in [0.15, 0.2) is 48.5 Å². The lowest BCUT2D eigenvalue weighted by Gasteiger charge is -2.17. The lowest BCUT2D eigenvalue weighted by atomic mass is 10.1. The number of anilines is 1. The van der Waals surface area contributed by atoms with Gasteiger partial charge in [-0.2, -0.15) is 0 Å². The van der Waals surface area contributed by atoms with E-state index in [1.165, 1.54) is 17.0 Å². The number of phenols is 1. The second kappa shape index (κ2) is 8.15. The molecule has 0 aliphatic rings. The number of benzene rings is 2. The second-order valence-electron chi connectivity index (χ2n) is 5.65. The highest BCUT2D eigenvalue weighted by Gasteiger charge is 2.14. The number of para-hydroxylation sites is 1. The Morgan fingerprint density at radius 1 is 1.08 bits per heavy atom. The Hall–Kier alpha value is -2.82. The van der Waals surface area contributed by atoms with Crippen molar-refractivity contribution >= 4 is 17.5 Å². The highest BCUT2D eigenvalue weighted by Crippen LogP contribution is 2.15. The number of nitrogens with zero attached hydrogens (tertiary/aromatic N) is 1. The molecule has 24 heavy (non-hydrogen) atoms. The molecule has 0 aliphatic heterocycles. The first-order valence-electron chi connectivity index (χ1n) is 7.89. The van der Waals surface area contributed by atoms with E-state index in [1.54, 1.807) is 19.2 Å². The van der Waals surface area contributed by atoms with E-state index in [0.29, 0.717) is 0 Å². The van der Waals surface area contributed by atoms with Crippen LogP contribution >= 0.6 is 0 Å². The van der Waals surface area contributed by atoms with Gasteiger partial charge in [-0.05, 0) is 35.7 Å². The van der Waals surface area contributed by atoms with Crippen molar-refractivity contribution < 1.29 is 14.7 Å². The standard InChI is InChI=1S/C19H22N2O3/c1-3-15-6-4-5-7-17(15)20-18(23)13-21(2)19(24)12-14-8-10-16(22)11-9-14/h4-11,22H,3,12-13H2,1-2H3,(H,20,23). The van der Waals surface area contributed by atoms with E-state index in [1.807, 2.05) is 31.2 Å². The minimum atomic E-state index is -0.225. The number of likely N-dealkylation sites (N-methyl/N-ethyl adjacent to an activating group) is 1. The number of aromatic hydroxyl groups is 1. The monoisotopic (exact) mass is 326 g/mol. The molecule has 5 nitrogen and oxygen atoms in total. The fourth-order valence-corrected chi connectivity index (χ4v) is 2.37. The summed E-state index contributed by atoms with van der Waals surface area (Å²) in [5.74, 6) is -0.217. The summed E-state index contributed by atoms with van der Waals surface area (Å²) >= 11 is 0. The maximum atomic E-state index is 12.2. The maximum absolute atomic E-state index is 12.2. The van der Waals surface area contributed by atoms with Crippen LogP contribution in [-0.4, -0.2) is 35.4 Å². The largest absolute Gasteiger partial charge is 0.508 e. The molecule has 2 aromatic rings. The third-order valence-electron chi connectivity index (χ3n) is 3.77. The Labute approximate surface area is 141 Å². The molecule has 0 radical (unpaired) electrons. The molecule has 0 bridgehead atoms. The van der Waals surface area contributed by atoms with Crippen LogP contribution < -0.4 is 5.32 Å². The number of amides is 2. The minimum Gasteiger partial charge on any atom is -0.508 e. The highest BCUT2D eigenvalue weighted by atomic mass is 16.3. The lowest BCUT2D eigenvalue weighted by Crippen LogP contribution is -2.35. The van der Waals surface area contributed by atoms with Crippen LogP contribution in [0, 0.1) is 0 Å². The first kappa shape index (κ1) is 17.5. The van der Waals surface area contributed by atoms with E-state index in [-0.39, 0.29) is 30.5 Å². The quantitative estimate of drug-likeness (QED) is 0.857. The molecular formula is C19H22N2O3. The molecule has 0 spiro atoms. The number of hydrogen-bond acceptors (Lipinski definition) is 3. The summed E-state index contributed by atoms with van der Waals surface area (Å²) in [4.78, 5) is 25.7. The van der Waals surface area contributed by atoms with Gasteiger partial charge in [0.15, 0.2) is 0 Å². The molecule has 0 aromatic heterocycles. The molecule has 0 heterocycles. The molecule has 0 aliphatic carbocycles. The fraction of sp³-hybridized carbons (Fsp3) is 0.263. The molecule has 2 rings (SSSR count). The second-order valence-corrected chi connectivity index (χ2v) is 5.65. The predicted molar refractivity (Wildman–Crippen MR) is 93.9 cm³/mol. The van der Waals surface area contributed by atoms with E-state index in [2.05, 4.69) is 5.32 Å². The normalized spacial score (nSPS) is 10.2. The molecule has 0 saturated heterocycles. The molecule has 0 unspecified atom stereocenters. The number of hydrogen-bond donors (Lipinski definition) is 2. The van der Waals surface area contributed by atoms with Crippen molar-refractivity contribution in [3.63, 3.8) is 0 Å². The lowest BCUT2D eigenvalue weighted by molar-refractivity contribution is -0.132. The number of aryl methyl sites for hydroxylation is 1. The predicted octanol–water partition coefficient (Wildman–Crippen LogP) is 2.59. The highest BCUT2D eigenvalue weighted by molar-refractivity contribution is 5.95. The summed E-state index contributed by atoms with van der Waals surface area (Å²) in [5, 5.41) is 12.1. The van der Waals surface area contributed by atoms with Gasteiger partial charge >= 0.3 is 0 Å². The van der Waals surface area contributed by atoms with E-state index in [9.17, 15) is 14.7 Å². The molecule has 2 N–H and O–H groups in total. The van der Waals surface area contributed by atoms with Crippen molar-refractivity contribution in [1.82, 2.24) is 4.90 Å². The zero-order valence-electron chi connectivity index (χ0n) is 14.0. The number of carbonyl (C=O) groups is 2. The van der Waals surface area contributed by atoms with Gasteiger partial charge < -0.3 is 15.3 Å². The summed E-state index contributed by atoms with van der Waals surface area (Å²) in [6.07, 6.45) is 1.02. The van der Waals surface area contributed by atoms with E-state index >= 15 is 0 Å². The van der Waals surface area contributed by atoms with Crippen molar-refractivity contribution in [3.05, 3.63) is 59.7 Å². The topological polar surface area (TPSA) is 69.6 Å². The first-order chi connectivity index (χ1) is 11.5. The molecule has 5 heteroatoms. The molecular weight excluding hydrogens is 304 g/mol. The number of phenolic OH excluding ortho intramolecular Hbond substituents is 1. The van der Waals surface area contributed by atoms with Gasteiger partial charge in [0, 0.05) is 12.7 Å². The Kier molecular flexibility index (Phi) is 5.95. The minimum absolute atomic E-state index is 0.00499. The summed E-state index contributed by atoms with van der Waals surface area (Å²) in [7, 11) is 1.61. The van der Waals surface area contributed by atoms with Gasteiger partial charge in [0.1, 0.15) is 5.75 Å². The average Bonchev–Trinajstić information content (AvgIpc) is 2.57. The van der Waals surface area contributed by atoms with Crippen LogP contribution in [0.1, 0.15) is 18.1 Å². The molecule has 2 aromatic carbocycles. The SMILES string of the molecule is CCc1ccccc1NC(=O)CN(C)C(=O)Cc1ccc(O)cc1. The van der Waals surface area contributed by atoms with Crippen LogP contribution in [0.5, 0.6) is 5.75 Å². The van der Waals surface area contributed by atoms with Crippen LogP contribution in [-0.2, 0) is 22.4 Å². The maximum Gasteiger partial charge on any atom is 0.243 e. The molecule has 2 amide bonds. The van der Waals surface area contributed by atoms with Crippen molar-refractivity contribution in [2.24, 2.45) is 0 Å². The zero-order chi connectivity index (χ0) is 17.5. The number of rotatable bonds is 6. The first-order valence-corrected chi connectivity index (χ1v) is 7.89. The van der Waals surface area contributed by atoms with Crippen LogP contribution in [0.2, 0.25) is 0 Å². The van der Waals surface area contributed by atoms with Crippen molar-refractivity contribution in [1.29, 1.82) is 0 Å². The molecule has 0 saturated carbocycles. The zero-order valence-corrected chi connectivity index (χ0v) is 14.0. The Bertz CT molecular complexity index is 711. The van der Waals surface area contributed by atoms with Gasteiger partial charge in [-0.3, -0.25) is 9.59 Å². The van der Waals surface area contributed by atoms with Gasteiger partial charge in [-0.1, -0.05) is 37.3 Å². The summed E-state index contributed by atoms with van der Waals surface area (Å²) in [6.45, 7) is 2.02. The Morgan fingerprint density at radius 2 is 1.75 bits per heavy atom. The molecule has 0 atom stereocenters. The van der Waals surface area contributed by atoms with Gasteiger partial charge in [-0.15, -0.1) is 0 Å². The molecule has 126 valence electrons. The van der Waals surface area contributed by atoms with Crippen LogP contribution in [0.25, 0.3) is 0 Å². The summed E-state index contributed by atoms with van der Waals surface area (Å²) in [5.41, 5.74) is 2.63. The van der Waals surface area contributed by atoms with Crippen molar-refractivity contribution in [2.75, 3.05) is 18.9 Å². The summed E-state index contributed by atoms with van der Waals surface area (Å²) in [6, 6.07) is 14.1. The van der Waals surface area contributed by atoms with Crippen LogP contribution in [0.3, 0.4) is 0 Å². The van der Waals surface area contributed by atoms with Gasteiger partial charge in [0.25, 0.3) is 0 Å². The Morgan fingerprint density at radius 3 is 2.42 bits per heavy atom. The van der Waals surface area contributed by atoms with E-state index < -0.39 is 0 Å². The average molecular weight is 326 g/mol. The smallest absolute Gasteiger partial charge is 0.243 e. The number of carbonyl (C=O) groups excluding carboxylic acids is 2. The molecule has 0 fully saturated rings. The number of nitrogens with one attached hydrogen (secondary N) is 1. The third-order valence-corrected chi connectivity index (χ3v) is 3.77. The fourth-order valence-electron chi connectivity index (χ4n) is 2.37. The van der Waals surface area contributed by atoms with Gasteiger partial charge in [-0.25, -0.2) is 0 Å². The van der Waals surface area contributed by atoms with E-state index in [0.717, 1.165) is 23.2 Å². The van der Waals surface area contributed by atoms with Crippen molar-refractivity contribution in [2.45, 2.75) is 19.8 Å². The van der Waals surface area contributed by atoms with Crippen LogP contribution in [0.4, 0.5) is 5.69 Å². The third kappa shape index (κ3) is 4.84.